The third kappa shape index (κ3) is 4.06. The largest absolute Gasteiger partial charge is 0.350 e. The van der Waals surface area contributed by atoms with Gasteiger partial charge in [-0.1, -0.05) is 43.2 Å². The molecule has 120 valence electrons. The van der Waals surface area contributed by atoms with Gasteiger partial charge in [0, 0.05) is 18.8 Å². The van der Waals surface area contributed by atoms with Gasteiger partial charge in [-0.2, -0.15) is 0 Å². The zero-order valence-corrected chi connectivity index (χ0v) is 13.4. The molecule has 2 N–H and O–H groups in total. The Hall–Kier alpha value is -2.43. The average molecular weight is 310 g/mol. The van der Waals surface area contributed by atoms with Crippen LogP contribution in [0.5, 0.6) is 0 Å². The summed E-state index contributed by atoms with van der Waals surface area (Å²) >= 11 is 0. The normalized spacial score (nSPS) is 14.7. The molecular weight excluding hydrogens is 288 g/mol. The molecule has 0 saturated heterocycles. The van der Waals surface area contributed by atoms with Crippen LogP contribution in [-0.2, 0) is 6.54 Å². The van der Waals surface area contributed by atoms with Crippen molar-refractivity contribution in [3.05, 3.63) is 53.3 Å². The zero-order chi connectivity index (χ0) is 16.1. The van der Waals surface area contributed by atoms with Crippen LogP contribution >= 0.6 is 0 Å². The lowest BCUT2D eigenvalue weighted by Crippen LogP contribution is -2.33. The maximum Gasteiger partial charge on any atom is 0.254 e. The van der Waals surface area contributed by atoms with Gasteiger partial charge in [-0.25, -0.2) is 9.97 Å². The third-order valence-electron chi connectivity index (χ3n) is 4.21. The maximum atomic E-state index is 12.3. The molecule has 1 aromatic carbocycles. The molecule has 3 rings (SSSR count). The van der Waals surface area contributed by atoms with E-state index in [0.29, 0.717) is 29.8 Å². The maximum absolute atomic E-state index is 12.3. The number of rotatable bonds is 5. The van der Waals surface area contributed by atoms with E-state index in [0.717, 1.165) is 18.4 Å². The van der Waals surface area contributed by atoms with Gasteiger partial charge in [-0.15, -0.1) is 0 Å². The first-order valence-electron chi connectivity index (χ1n) is 8.14. The first-order chi connectivity index (χ1) is 11.2. The predicted octanol–water partition coefficient (Wildman–Crippen LogP) is 3.07. The Morgan fingerprint density at radius 2 is 1.96 bits per heavy atom. The second-order valence-electron chi connectivity index (χ2n) is 5.99. The summed E-state index contributed by atoms with van der Waals surface area (Å²) in [4.78, 5) is 21.0. The molecule has 0 atom stereocenters. The second kappa shape index (κ2) is 7.22. The van der Waals surface area contributed by atoms with Gasteiger partial charge in [-0.3, -0.25) is 4.79 Å². The number of hydrogen-bond acceptors (Lipinski definition) is 4. The first kappa shape index (κ1) is 15.5. The quantitative estimate of drug-likeness (QED) is 0.890. The molecule has 2 aromatic rings. The monoisotopic (exact) mass is 310 g/mol. The van der Waals surface area contributed by atoms with Crippen LogP contribution in [0.3, 0.4) is 0 Å². The molecule has 1 aromatic heterocycles. The summed E-state index contributed by atoms with van der Waals surface area (Å²) in [7, 11) is 0. The Balaban J connectivity index is 1.62. The van der Waals surface area contributed by atoms with Gasteiger partial charge in [0.25, 0.3) is 5.91 Å². The van der Waals surface area contributed by atoms with Crippen LogP contribution in [0.2, 0.25) is 0 Å². The van der Waals surface area contributed by atoms with E-state index in [-0.39, 0.29) is 5.91 Å². The number of anilines is 1. The number of amides is 1. The summed E-state index contributed by atoms with van der Waals surface area (Å²) in [5.41, 5.74) is 2.42. The van der Waals surface area contributed by atoms with E-state index in [9.17, 15) is 4.79 Å². The Bertz CT molecular complexity index is 666. The standard InChI is InChI=1S/C18H22N4O/c1-13-16(17(23)22-15-9-5-6-10-15)12-20-18(21-13)19-11-14-7-3-2-4-8-14/h2-4,7-8,12,15H,5-6,9-11H2,1H3,(H,22,23)(H,19,20,21). The van der Waals surface area contributed by atoms with Crippen molar-refractivity contribution in [2.45, 2.75) is 45.2 Å². The van der Waals surface area contributed by atoms with Crippen molar-refractivity contribution in [2.75, 3.05) is 5.32 Å². The lowest BCUT2D eigenvalue weighted by molar-refractivity contribution is 0.0936. The molecule has 0 unspecified atom stereocenters. The predicted molar refractivity (Wildman–Crippen MR) is 90.3 cm³/mol. The molecule has 1 aliphatic carbocycles. The number of carbonyl (C=O) groups excluding carboxylic acids is 1. The number of benzene rings is 1. The van der Waals surface area contributed by atoms with Gasteiger partial charge in [0.2, 0.25) is 5.95 Å². The molecule has 0 bridgehead atoms. The molecule has 5 nitrogen and oxygen atoms in total. The highest BCUT2D eigenvalue weighted by molar-refractivity contribution is 5.95. The molecule has 1 aliphatic rings. The van der Waals surface area contributed by atoms with Gasteiger partial charge < -0.3 is 10.6 Å². The van der Waals surface area contributed by atoms with Crippen LogP contribution in [0.25, 0.3) is 0 Å². The number of hydrogen-bond donors (Lipinski definition) is 2. The summed E-state index contributed by atoms with van der Waals surface area (Å²) in [6.07, 6.45) is 6.15. The zero-order valence-electron chi connectivity index (χ0n) is 13.4. The number of aromatic nitrogens is 2. The third-order valence-corrected chi connectivity index (χ3v) is 4.21. The smallest absolute Gasteiger partial charge is 0.254 e. The summed E-state index contributed by atoms with van der Waals surface area (Å²) in [6.45, 7) is 2.51. The van der Waals surface area contributed by atoms with Crippen molar-refractivity contribution in [3.8, 4) is 0 Å². The molecular formula is C18H22N4O. The van der Waals surface area contributed by atoms with Crippen LogP contribution in [0.1, 0.15) is 47.3 Å². The first-order valence-corrected chi connectivity index (χ1v) is 8.14. The van der Waals surface area contributed by atoms with Crippen molar-refractivity contribution >= 4 is 11.9 Å². The van der Waals surface area contributed by atoms with E-state index in [2.05, 4.69) is 20.6 Å². The van der Waals surface area contributed by atoms with Crippen LogP contribution in [0.15, 0.2) is 36.5 Å². The fraction of sp³-hybridized carbons (Fsp3) is 0.389. The van der Waals surface area contributed by atoms with Gasteiger partial charge >= 0.3 is 0 Å². The van der Waals surface area contributed by atoms with Crippen LogP contribution in [0.4, 0.5) is 5.95 Å². The summed E-state index contributed by atoms with van der Waals surface area (Å²) < 4.78 is 0. The van der Waals surface area contributed by atoms with E-state index in [1.54, 1.807) is 6.20 Å². The highest BCUT2D eigenvalue weighted by Crippen LogP contribution is 2.18. The highest BCUT2D eigenvalue weighted by Gasteiger charge is 2.19. The summed E-state index contributed by atoms with van der Waals surface area (Å²) in [5.74, 6) is 0.479. The van der Waals surface area contributed by atoms with E-state index >= 15 is 0 Å². The lowest BCUT2D eigenvalue weighted by atomic mass is 10.2. The van der Waals surface area contributed by atoms with Gasteiger partial charge in [0.1, 0.15) is 0 Å². The minimum Gasteiger partial charge on any atom is -0.350 e. The van der Waals surface area contributed by atoms with Crippen molar-refractivity contribution in [1.82, 2.24) is 15.3 Å². The molecule has 0 spiro atoms. The van der Waals surface area contributed by atoms with E-state index in [1.807, 2.05) is 37.3 Å². The molecule has 1 fully saturated rings. The van der Waals surface area contributed by atoms with Gasteiger partial charge in [0.15, 0.2) is 0 Å². The number of nitrogens with zero attached hydrogens (tertiary/aromatic N) is 2. The Labute approximate surface area is 136 Å². The Kier molecular flexibility index (Phi) is 4.86. The topological polar surface area (TPSA) is 66.9 Å². The van der Waals surface area contributed by atoms with Crippen LogP contribution in [0, 0.1) is 6.92 Å². The number of carbonyl (C=O) groups is 1. The van der Waals surface area contributed by atoms with Crippen molar-refractivity contribution < 1.29 is 4.79 Å². The number of nitrogens with one attached hydrogen (secondary N) is 2. The van der Waals surface area contributed by atoms with Crippen molar-refractivity contribution in [2.24, 2.45) is 0 Å². The Morgan fingerprint density at radius 1 is 1.22 bits per heavy atom. The van der Waals surface area contributed by atoms with Crippen molar-refractivity contribution in [3.63, 3.8) is 0 Å². The summed E-state index contributed by atoms with van der Waals surface area (Å²) in [6, 6.07) is 10.4. The van der Waals surface area contributed by atoms with Gasteiger partial charge in [-0.05, 0) is 25.3 Å². The molecule has 1 amide bonds. The minimum atomic E-state index is -0.0657. The molecule has 5 heteroatoms. The Morgan fingerprint density at radius 3 is 2.65 bits per heavy atom. The summed E-state index contributed by atoms with van der Waals surface area (Å²) in [5, 5.41) is 6.26. The number of aryl methyl sites for hydroxylation is 1. The van der Waals surface area contributed by atoms with Gasteiger partial charge in [0.05, 0.1) is 11.3 Å². The average Bonchev–Trinajstić information content (AvgIpc) is 3.07. The SMILES string of the molecule is Cc1nc(NCc2ccccc2)ncc1C(=O)NC1CCCC1. The second-order valence-corrected chi connectivity index (χ2v) is 5.99. The molecule has 0 radical (unpaired) electrons. The van der Waals surface area contributed by atoms with E-state index < -0.39 is 0 Å². The van der Waals surface area contributed by atoms with E-state index in [4.69, 9.17) is 0 Å². The fourth-order valence-electron chi connectivity index (χ4n) is 2.89. The minimum absolute atomic E-state index is 0.0657. The highest BCUT2D eigenvalue weighted by atomic mass is 16.1. The molecule has 0 aliphatic heterocycles. The lowest BCUT2D eigenvalue weighted by Gasteiger charge is -2.13. The molecule has 1 heterocycles. The van der Waals surface area contributed by atoms with Crippen LogP contribution < -0.4 is 10.6 Å². The van der Waals surface area contributed by atoms with Crippen molar-refractivity contribution in [1.29, 1.82) is 0 Å². The van der Waals surface area contributed by atoms with Crippen LogP contribution in [-0.4, -0.2) is 21.9 Å². The fourth-order valence-corrected chi connectivity index (χ4v) is 2.89. The molecule has 23 heavy (non-hydrogen) atoms. The van der Waals surface area contributed by atoms with E-state index in [1.165, 1.54) is 12.8 Å². The molecule has 1 saturated carbocycles.